The number of nitrogens with zero attached hydrogens (tertiary/aromatic N) is 4. The van der Waals surface area contributed by atoms with E-state index in [0.717, 1.165) is 17.2 Å². The Bertz CT molecular complexity index is 1430. The first kappa shape index (κ1) is 27.3. The van der Waals surface area contributed by atoms with Gasteiger partial charge in [0.2, 0.25) is 0 Å². The summed E-state index contributed by atoms with van der Waals surface area (Å²) in [7, 11) is 0. The van der Waals surface area contributed by atoms with Gasteiger partial charge in [0.05, 0.1) is 34.3 Å². The van der Waals surface area contributed by atoms with Crippen molar-refractivity contribution >= 4 is 22.8 Å². The minimum Gasteiger partial charge on any atom is -0.360 e. The van der Waals surface area contributed by atoms with Crippen molar-refractivity contribution in [1.82, 2.24) is 24.8 Å². The molecule has 1 saturated heterocycles. The number of hydrogen-bond donors (Lipinski definition) is 2. The Labute approximate surface area is 210 Å². The van der Waals surface area contributed by atoms with E-state index in [2.05, 4.69) is 25.3 Å². The molecule has 2 N–H and O–H groups in total. The zero-order valence-electron chi connectivity index (χ0n) is 20.0. The normalized spacial score (nSPS) is 16.1. The third-order valence-electron chi connectivity index (χ3n) is 6.23. The number of aryl methyl sites for hydroxylation is 1. The lowest BCUT2D eigenvalue weighted by Crippen LogP contribution is -2.42. The summed E-state index contributed by atoms with van der Waals surface area (Å²) < 4.78 is 94.8. The number of fused-ring (bicyclic) bond motifs is 1. The molecule has 3 aromatic heterocycles. The number of nitrogens with one attached hydrogen (secondary N) is 2. The van der Waals surface area contributed by atoms with Crippen molar-refractivity contribution in [2.45, 2.75) is 45.1 Å². The molecule has 8 nitrogen and oxygen atoms in total. The molecule has 4 heterocycles. The van der Waals surface area contributed by atoms with Gasteiger partial charge in [-0.1, -0.05) is 0 Å². The fourth-order valence-electron chi connectivity index (χ4n) is 4.29. The molecule has 204 valence electrons. The van der Waals surface area contributed by atoms with Gasteiger partial charge in [0.25, 0.3) is 11.5 Å². The Balaban J connectivity index is 1.57. The molecule has 0 saturated carbocycles. The molecular formula is C23H21F7N6O2. The maximum absolute atomic E-state index is 14.8. The van der Waals surface area contributed by atoms with Crippen LogP contribution < -0.4 is 10.9 Å². The first-order valence-corrected chi connectivity index (χ1v) is 11.4. The molecule has 0 aromatic carbocycles. The Morgan fingerprint density at radius 3 is 2.37 bits per heavy atom. The van der Waals surface area contributed by atoms with Gasteiger partial charge < -0.3 is 15.2 Å². The maximum atomic E-state index is 14.8. The molecule has 1 unspecified atom stereocenters. The molecule has 1 fully saturated rings. The highest BCUT2D eigenvalue weighted by atomic mass is 19.4. The molecule has 1 aliphatic rings. The van der Waals surface area contributed by atoms with Gasteiger partial charge in [-0.25, -0.2) is 19.3 Å². The average molecular weight is 546 g/mol. The van der Waals surface area contributed by atoms with Crippen LogP contribution in [0.5, 0.6) is 0 Å². The van der Waals surface area contributed by atoms with Gasteiger partial charge >= 0.3 is 12.4 Å². The SMILES string of the molecule is Cc1nc2cc(C(F)(F)F)c(C(C)Nc3ncc(C(=O)N4CCC(C(F)(F)F)CC4)cc3F)nc2c(=O)[nH]1. The summed E-state index contributed by atoms with van der Waals surface area (Å²) in [5, 5.41) is 2.47. The number of hydrogen-bond acceptors (Lipinski definition) is 6. The van der Waals surface area contributed by atoms with Crippen molar-refractivity contribution in [1.29, 1.82) is 0 Å². The van der Waals surface area contributed by atoms with Crippen LogP contribution in [0.3, 0.4) is 0 Å². The number of rotatable bonds is 4. The van der Waals surface area contributed by atoms with Crippen molar-refractivity contribution in [3.8, 4) is 0 Å². The van der Waals surface area contributed by atoms with Crippen LogP contribution in [-0.2, 0) is 6.18 Å². The number of anilines is 1. The van der Waals surface area contributed by atoms with E-state index in [1.165, 1.54) is 13.8 Å². The van der Waals surface area contributed by atoms with E-state index in [9.17, 15) is 40.3 Å². The molecule has 1 atom stereocenters. The lowest BCUT2D eigenvalue weighted by molar-refractivity contribution is -0.183. The molecule has 4 rings (SSSR count). The second-order valence-electron chi connectivity index (χ2n) is 8.97. The second kappa shape index (κ2) is 9.83. The Morgan fingerprint density at radius 1 is 1.13 bits per heavy atom. The Kier molecular flexibility index (Phi) is 7.05. The molecule has 1 aliphatic heterocycles. The van der Waals surface area contributed by atoms with Crippen molar-refractivity contribution in [3.63, 3.8) is 0 Å². The summed E-state index contributed by atoms with van der Waals surface area (Å²) in [6.45, 7) is 2.33. The van der Waals surface area contributed by atoms with Gasteiger partial charge in [0.1, 0.15) is 5.82 Å². The number of aromatic amines is 1. The number of H-pyrrole nitrogens is 1. The van der Waals surface area contributed by atoms with Crippen molar-refractivity contribution < 1.29 is 35.5 Å². The standard InChI is InChI=1S/C23H21F7N6O2/c1-10(17-14(23(28,29)30)8-16-18(35-17)20(37)34-11(2)33-16)32-19-15(24)7-12(9-31-19)21(38)36-5-3-13(4-6-36)22(25,26)27/h7-10,13H,3-6H2,1-2H3,(H,31,32)(H,33,34,37). The number of pyridine rings is 2. The summed E-state index contributed by atoms with van der Waals surface area (Å²) in [6.07, 6.45) is -8.80. The van der Waals surface area contributed by atoms with Crippen LogP contribution in [-0.4, -0.2) is 50.0 Å². The summed E-state index contributed by atoms with van der Waals surface area (Å²) in [6, 6.07) is 0.198. The van der Waals surface area contributed by atoms with Crippen LogP contribution in [0.25, 0.3) is 11.0 Å². The molecule has 0 radical (unpaired) electrons. The van der Waals surface area contributed by atoms with Crippen LogP contribution in [0.15, 0.2) is 23.1 Å². The molecule has 1 amide bonds. The average Bonchev–Trinajstić information content (AvgIpc) is 2.83. The third-order valence-corrected chi connectivity index (χ3v) is 6.23. The van der Waals surface area contributed by atoms with E-state index in [1.54, 1.807) is 0 Å². The number of piperidine rings is 1. The predicted molar refractivity (Wildman–Crippen MR) is 121 cm³/mol. The predicted octanol–water partition coefficient (Wildman–Crippen LogP) is 4.77. The summed E-state index contributed by atoms with van der Waals surface area (Å²) in [5.41, 5.74) is -3.36. The van der Waals surface area contributed by atoms with Gasteiger partial charge in [-0.2, -0.15) is 26.3 Å². The van der Waals surface area contributed by atoms with Crippen molar-refractivity contribution in [3.05, 3.63) is 57.1 Å². The first-order chi connectivity index (χ1) is 17.6. The highest BCUT2D eigenvalue weighted by molar-refractivity contribution is 5.94. The highest BCUT2D eigenvalue weighted by Gasteiger charge is 2.42. The molecular weight excluding hydrogens is 525 g/mol. The third kappa shape index (κ3) is 5.55. The second-order valence-corrected chi connectivity index (χ2v) is 8.97. The molecule has 38 heavy (non-hydrogen) atoms. The fourth-order valence-corrected chi connectivity index (χ4v) is 4.29. The fraction of sp³-hybridized carbons (Fsp3) is 0.435. The topological polar surface area (TPSA) is 104 Å². The van der Waals surface area contributed by atoms with E-state index >= 15 is 0 Å². The van der Waals surface area contributed by atoms with Crippen molar-refractivity contribution in [2.24, 2.45) is 5.92 Å². The number of aromatic nitrogens is 4. The number of carbonyl (C=O) groups excluding carboxylic acids is 1. The van der Waals surface area contributed by atoms with Gasteiger partial charge in [-0.05, 0) is 38.8 Å². The lowest BCUT2D eigenvalue weighted by Gasteiger charge is -2.32. The molecule has 0 aliphatic carbocycles. The monoisotopic (exact) mass is 546 g/mol. The number of alkyl halides is 6. The van der Waals surface area contributed by atoms with Gasteiger partial charge in [0.15, 0.2) is 17.2 Å². The number of amides is 1. The van der Waals surface area contributed by atoms with Gasteiger partial charge in [-0.3, -0.25) is 9.59 Å². The number of likely N-dealkylation sites (tertiary alicyclic amines) is 1. The zero-order chi connectivity index (χ0) is 28.0. The van der Waals surface area contributed by atoms with Crippen LogP contribution in [0.2, 0.25) is 0 Å². The van der Waals surface area contributed by atoms with Crippen LogP contribution >= 0.6 is 0 Å². The maximum Gasteiger partial charge on any atom is 0.418 e. The number of carbonyl (C=O) groups is 1. The summed E-state index contributed by atoms with van der Waals surface area (Å²) in [5.74, 6) is -3.69. The van der Waals surface area contributed by atoms with E-state index in [0.29, 0.717) is 6.07 Å². The zero-order valence-corrected chi connectivity index (χ0v) is 20.0. The molecule has 0 spiro atoms. The Hall–Kier alpha value is -3.78. The van der Waals surface area contributed by atoms with Gasteiger partial charge in [0, 0.05) is 19.3 Å². The van der Waals surface area contributed by atoms with Crippen molar-refractivity contribution in [2.75, 3.05) is 18.4 Å². The first-order valence-electron chi connectivity index (χ1n) is 11.4. The lowest BCUT2D eigenvalue weighted by atomic mass is 9.96. The van der Waals surface area contributed by atoms with Crippen LogP contribution in [0.1, 0.15) is 53.2 Å². The summed E-state index contributed by atoms with van der Waals surface area (Å²) >= 11 is 0. The quantitative estimate of drug-likeness (QED) is 0.457. The molecule has 3 aromatic rings. The minimum atomic E-state index is -4.87. The molecule has 0 bridgehead atoms. The van der Waals surface area contributed by atoms with E-state index in [4.69, 9.17) is 0 Å². The minimum absolute atomic E-state index is 0.0991. The summed E-state index contributed by atoms with van der Waals surface area (Å²) in [4.78, 5) is 39.9. The van der Waals surface area contributed by atoms with E-state index in [-0.39, 0.29) is 48.4 Å². The van der Waals surface area contributed by atoms with E-state index in [1.807, 2.05) is 0 Å². The molecule has 15 heteroatoms. The highest BCUT2D eigenvalue weighted by Crippen LogP contribution is 2.36. The number of halogens is 7. The largest absolute Gasteiger partial charge is 0.418 e. The Morgan fingerprint density at radius 2 is 1.79 bits per heavy atom. The van der Waals surface area contributed by atoms with E-state index < -0.39 is 58.7 Å². The van der Waals surface area contributed by atoms with Gasteiger partial charge in [-0.15, -0.1) is 0 Å². The van der Waals surface area contributed by atoms with Crippen LogP contribution in [0, 0.1) is 18.7 Å². The smallest absolute Gasteiger partial charge is 0.360 e. The van der Waals surface area contributed by atoms with Crippen LogP contribution in [0.4, 0.5) is 36.6 Å².